The second kappa shape index (κ2) is 4.97. The van der Waals surface area contributed by atoms with Crippen molar-refractivity contribution in [3.63, 3.8) is 0 Å². The van der Waals surface area contributed by atoms with Gasteiger partial charge in [-0.2, -0.15) is 0 Å². The molecule has 1 rings (SSSR count). The van der Waals surface area contributed by atoms with Gasteiger partial charge in [0.15, 0.2) is 0 Å². The molecule has 0 radical (unpaired) electrons. The van der Waals surface area contributed by atoms with E-state index in [1.54, 1.807) is 0 Å². The first kappa shape index (κ1) is 10.2. The normalized spacial score (nSPS) is 12.8. The van der Waals surface area contributed by atoms with E-state index in [0.29, 0.717) is 13.0 Å². The van der Waals surface area contributed by atoms with E-state index < -0.39 is 0 Å². The highest BCUT2D eigenvalue weighted by atomic mass is 16.3. The average molecular weight is 180 g/mol. The number of nitrogens with two attached hydrogens (primary N) is 2. The van der Waals surface area contributed by atoms with Gasteiger partial charge >= 0.3 is 0 Å². The van der Waals surface area contributed by atoms with E-state index in [1.165, 1.54) is 0 Å². The van der Waals surface area contributed by atoms with Crippen LogP contribution in [0.3, 0.4) is 0 Å². The van der Waals surface area contributed by atoms with Crippen molar-refractivity contribution in [2.24, 2.45) is 11.5 Å². The van der Waals surface area contributed by atoms with Gasteiger partial charge in [-0.3, -0.25) is 0 Å². The maximum atomic E-state index is 8.75. The summed E-state index contributed by atoms with van der Waals surface area (Å²) in [4.78, 5) is 0. The minimum Gasteiger partial charge on any atom is -0.396 e. The molecule has 72 valence electrons. The van der Waals surface area contributed by atoms with Crippen LogP contribution >= 0.6 is 0 Å². The van der Waals surface area contributed by atoms with Gasteiger partial charge in [-0.05, 0) is 17.5 Å². The number of hydrogen-bond acceptors (Lipinski definition) is 3. The minimum absolute atomic E-state index is 0.107. The fourth-order valence-electron chi connectivity index (χ4n) is 1.38. The standard InChI is InChI=1S/C10H16N2O/c11-7-8-3-1-2-4-9(8)10(12)5-6-13/h1-4,10,13H,5-7,11-12H2. The summed E-state index contributed by atoms with van der Waals surface area (Å²) in [6, 6.07) is 7.70. The summed E-state index contributed by atoms with van der Waals surface area (Å²) in [6.45, 7) is 0.607. The molecule has 0 aromatic heterocycles. The molecule has 0 saturated heterocycles. The Labute approximate surface area is 78.4 Å². The third kappa shape index (κ3) is 2.52. The van der Waals surface area contributed by atoms with Gasteiger partial charge in [0.05, 0.1) is 0 Å². The van der Waals surface area contributed by atoms with Crippen LogP contribution in [0.4, 0.5) is 0 Å². The first-order valence-corrected chi connectivity index (χ1v) is 4.44. The number of rotatable bonds is 4. The van der Waals surface area contributed by atoms with Crippen molar-refractivity contribution < 1.29 is 5.11 Å². The molecule has 3 heteroatoms. The fraction of sp³-hybridized carbons (Fsp3) is 0.400. The van der Waals surface area contributed by atoms with Gasteiger partial charge in [-0.1, -0.05) is 24.3 Å². The van der Waals surface area contributed by atoms with Crippen LogP contribution in [0, 0.1) is 0 Å². The Morgan fingerprint density at radius 1 is 1.31 bits per heavy atom. The molecule has 0 fully saturated rings. The number of aliphatic hydroxyl groups is 1. The van der Waals surface area contributed by atoms with E-state index in [-0.39, 0.29) is 12.6 Å². The van der Waals surface area contributed by atoms with E-state index in [0.717, 1.165) is 11.1 Å². The first-order valence-electron chi connectivity index (χ1n) is 4.44. The van der Waals surface area contributed by atoms with Gasteiger partial charge in [-0.25, -0.2) is 0 Å². The molecule has 1 unspecified atom stereocenters. The van der Waals surface area contributed by atoms with Crippen molar-refractivity contribution in [3.8, 4) is 0 Å². The van der Waals surface area contributed by atoms with Gasteiger partial charge in [0.2, 0.25) is 0 Å². The van der Waals surface area contributed by atoms with Crippen molar-refractivity contribution in [1.82, 2.24) is 0 Å². The van der Waals surface area contributed by atoms with Crippen molar-refractivity contribution in [2.75, 3.05) is 6.61 Å². The number of benzene rings is 1. The van der Waals surface area contributed by atoms with Gasteiger partial charge in [0.25, 0.3) is 0 Å². The predicted molar refractivity (Wildman–Crippen MR) is 53.0 cm³/mol. The minimum atomic E-state index is -0.107. The van der Waals surface area contributed by atoms with Crippen molar-refractivity contribution in [3.05, 3.63) is 35.4 Å². The van der Waals surface area contributed by atoms with Crippen molar-refractivity contribution >= 4 is 0 Å². The zero-order valence-corrected chi connectivity index (χ0v) is 7.61. The molecule has 0 aliphatic rings. The zero-order chi connectivity index (χ0) is 9.68. The Morgan fingerprint density at radius 3 is 2.62 bits per heavy atom. The summed E-state index contributed by atoms with van der Waals surface area (Å²) < 4.78 is 0. The van der Waals surface area contributed by atoms with Gasteiger partial charge < -0.3 is 16.6 Å². The molecular formula is C10H16N2O. The lowest BCUT2D eigenvalue weighted by Gasteiger charge is -2.14. The zero-order valence-electron chi connectivity index (χ0n) is 7.61. The summed E-state index contributed by atoms with van der Waals surface area (Å²) in [7, 11) is 0. The second-order valence-corrected chi connectivity index (χ2v) is 3.02. The van der Waals surface area contributed by atoms with Crippen LogP contribution < -0.4 is 11.5 Å². The van der Waals surface area contributed by atoms with Crippen LogP contribution in [-0.2, 0) is 6.54 Å². The fourth-order valence-corrected chi connectivity index (χ4v) is 1.38. The van der Waals surface area contributed by atoms with Crippen molar-refractivity contribution in [1.29, 1.82) is 0 Å². The smallest absolute Gasteiger partial charge is 0.0449 e. The number of aliphatic hydroxyl groups excluding tert-OH is 1. The van der Waals surface area contributed by atoms with Crippen LogP contribution in [0.15, 0.2) is 24.3 Å². The molecule has 0 bridgehead atoms. The Kier molecular flexibility index (Phi) is 3.89. The average Bonchev–Trinajstić information content (AvgIpc) is 2.18. The molecular weight excluding hydrogens is 164 g/mol. The van der Waals surface area contributed by atoms with Gasteiger partial charge in [0.1, 0.15) is 0 Å². The number of hydrogen-bond donors (Lipinski definition) is 3. The summed E-state index contributed by atoms with van der Waals surface area (Å²) in [5, 5.41) is 8.75. The van der Waals surface area contributed by atoms with Crippen LogP contribution in [0.1, 0.15) is 23.6 Å². The third-order valence-corrected chi connectivity index (χ3v) is 2.11. The van der Waals surface area contributed by atoms with Crippen LogP contribution in [0.25, 0.3) is 0 Å². The maximum absolute atomic E-state index is 8.75. The highest BCUT2D eigenvalue weighted by molar-refractivity contribution is 5.29. The second-order valence-electron chi connectivity index (χ2n) is 3.02. The summed E-state index contributed by atoms with van der Waals surface area (Å²) >= 11 is 0. The van der Waals surface area contributed by atoms with Crippen LogP contribution in [0.2, 0.25) is 0 Å². The lowest BCUT2D eigenvalue weighted by atomic mass is 9.99. The largest absolute Gasteiger partial charge is 0.396 e. The highest BCUT2D eigenvalue weighted by Gasteiger charge is 2.08. The third-order valence-electron chi connectivity index (χ3n) is 2.11. The van der Waals surface area contributed by atoms with Crippen molar-refractivity contribution in [2.45, 2.75) is 19.0 Å². The maximum Gasteiger partial charge on any atom is 0.0449 e. The predicted octanol–water partition coefficient (Wildman–Crippen LogP) is 0.528. The Balaban J connectivity index is 2.85. The Hall–Kier alpha value is -0.900. The molecule has 1 atom stereocenters. The molecule has 13 heavy (non-hydrogen) atoms. The molecule has 0 saturated carbocycles. The molecule has 0 aliphatic carbocycles. The molecule has 1 aromatic carbocycles. The molecule has 0 spiro atoms. The summed E-state index contributed by atoms with van der Waals surface area (Å²) in [6.07, 6.45) is 0.580. The van der Waals surface area contributed by atoms with E-state index in [1.807, 2.05) is 24.3 Å². The van der Waals surface area contributed by atoms with E-state index in [4.69, 9.17) is 16.6 Å². The lowest BCUT2D eigenvalue weighted by Crippen LogP contribution is -2.15. The Morgan fingerprint density at radius 2 is 2.00 bits per heavy atom. The molecule has 0 aliphatic heterocycles. The Bertz CT molecular complexity index is 263. The quantitative estimate of drug-likeness (QED) is 0.632. The monoisotopic (exact) mass is 180 g/mol. The molecule has 0 amide bonds. The van der Waals surface area contributed by atoms with E-state index in [2.05, 4.69) is 0 Å². The molecule has 1 aromatic rings. The van der Waals surface area contributed by atoms with Crippen LogP contribution in [0.5, 0.6) is 0 Å². The van der Waals surface area contributed by atoms with Crippen LogP contribution in [-0.4, -0.2) is 11.7 Å². The van der Waals surface area contributed by atoms with E-state index >= 15 is 0 Å². The lowest BCUT2D eigenvalue weighted by molar-refractivity contribution is 0.276. The first-order chi connectivity index (χ1) is 6.29. The SMILES string of the molecule is NCc1ccccc1C(N)CCO. The summed E-state index contributed by atoms with van der Waals surface area (Å²) in [5.41, 5.74) is 13.5. The molecule has 0 heterocycles. The molecule has 3 nitrogen and oxygen atoms in total. The summed E-state index contributed by atoms with van der Waals surface area (Å²) in [5.74, 6) is 0. The van der Waals surface area contributed by atoms with Gasteiger partial charge in [-0.15, -0.1) is 0 Å². The molecule has 5 N–H and O–H groups in total. The topological polar surface area (TPSA) is 72.3 Å². The van der Waals surface area contributed by atoms with E-state index in [9.17, 15) is 0 Å². The van der Waals surface area contributed by atoms with Gasteiger partial charge in [0, 0.05) is 19.2 Å². The highest BCUT2D eigenvalue weighted by Crippen LogP contribution is 2.17.